The number of nitrogens with one attached hydrogen (secondary N) is 1. The second kappa shape index (κ2) is 7.16. The summed E-state index contributed by atoms with van der Waals surface area (Å²) in [5, 5.41) is 12.7. The van der Waals surface area contributed by atoms with Crippen molar-refractivity contribution in [3.8, 4) is 17.6 Å². The fourth-order valence-corrected chi connectivity index (χ4v) is 2.77. The van der Waals surface area contributed by atoms with Crippen LogP contribution in [-0.2, 0) is 6.54 Å². The molecule has 20 heavy (non-hydrogen) atoms. The highest BCUT2D eigenvalue weighted by molar-refractivity contribution is 5.42. The van der Waals surface area contributed by atoms with Gasteiger partial charge >= 0.3 is 0 Å². The lowest BCUT2D eigenvalue weighted by atomic mass is 9.85. The normalized spacial score (nSPS) is 22.1. The number of benzene rings is 1. The zero-order chi connectivity index (χ0) is 14.4. The number of nitrogens with zero attached hydrogens (tertiary/aromatic N) is 1. The van der Waals surface area contributed by atoms with E-state index >= 15 is 0 Å². The van der Waals surface area contributed by atoms with Crippen LogP contribution in [0.4, 0.5) is 0 Å². The zero-order valence-electron chi connectivity index (χ0n) is 12.2. The smallest absolute Gasteiger partial charge is 0.161 e. The van der Waals surface area contributed by atoms with Crippen LogP contribution in [0.3, 0.4) is 0 Å². The van der Waals surface area contributed by atoms with E-state index in [9.17, 15) is 5.26 Å². The maximum absolute atomic E-state index is 9.18. The Kier molecular flexibility index (Phi) is 5.25. The Hall–Kier alpha value is -1.73. The van der Waals surface area contributed by atoms with Gasteiger partial charge in [0, 0.05) is 12.6 Å². The molecule has 4 heteroatoms. The highest BCUT2D eigenvalue weighted by Crippen LogP contribution is 2.28. The van der Waals surface area contributed by atoms with Crippen molar-refractivity contribution < 1.29 is 9.47 Å². The highest BCUT2D eigenvalue weighted by atomic mass is 16.5. The van der Waals surface area contributed by atoms with Crippen molar-refractivity contribution in [2.24, 2.45) is 5.92 Å². The van der Waals surface area contributed by atoms with E-state index in [-0.39, 0.29) is 5.92 Å². The van der Waals surface area contributed by atoms with E-state index in [1.807, 2.05) is 18.2 Å². The molecule has 0 saturated heterocycles. The third-order valence-corrected chi connectivity index (χ3v) is 3.95. The van der Waals surface area contributed by atoms with Gasteiger partial charge in [-0.15, -0.1) is 0 Å². The molecule has 0 heterocycles. The summed E-state index contributed by atoms with van der Waals surface area (Å²) < 4.78 is 10.5. The summed E-state index contributed by atoms with van der Waals surface area (Å²) in [4.78, 5) is 0. The summed E-state index contributed by atoms with van der Waals surface area (Å²) >= 11 is 0. The van der Waals surface area contributed by atoms with Crippen molar-refractivity contribution >= 4 is 0 Å². The standard InChI is InChI=1S/C16H22N2O2/c1-19-15-8-7-12(9-16(15)20-2)11-18-14-6-4-3-5-13(14)10-17/h7-9,13-14,18H,3-6,11H2,1-2H3. The number of hydrogen-bond acceptors (Lipinski definition) is 4. The van der Waals surface area contributed by atoms with Gasteiger partial charge in [-0.2, -0.15) is 5.26 Å². The van der Waals surface area contributed by atoms with Crippen molar-refractivity contribution in [1.29, 1.82) is 5.26 Å². The number of ether oxygens (including phenoxy) is 2. The zero-order valence-corrected chi connectivity index (χ0v) is 12.2. The summed E-state index contributed by atoms with van der Waals surface area (Å²) in [6.07, 6.45) is 4.49. The summed E-state index contributed by atoms with van der Waals surface area (Å²) in [7, 11) is 3.28. The molecule has 0 aromatic heterocycles. The van der Waals surface area contributed by atoms with E-state index in [4.69, 9.17) is 9.47 Å². The van der Waals surface area contributed by atoms with Gasteiger partial charge in [-0.05, 0) is 30.5 Å². The van der Waals surface area contributed by atoms with E-state index in [1.165, 1.54) is 12.8 Å². The Bertz CT molecular complexity index is 482. The monoisotopic (exact) mass is 274 g/mol. The number of methoxy groups -OCH3 is 2. The molecule has 108 valence electrons. The number of hydrogen-bond donors (Lipinski definition) is 1. The summed E-state index contributed by atoms with van der Waals surface area (Å²) in [5.74, 6) is 1.62. The van der Waals surface area contributed by atoms with Gasteiger partial charge in [0.2, 0.25) is 0 Å². The Labute approximate surface area is 120 Å². The molecule has 0 radical (unpaired) electrons. The van der Waals surface area contributed by atoms with Crippen LogP contribution in [0.2, 0.25) is 0 Å². The lowest BCUT2D eigenvalue weighted by Crippen LogP contribution is -2.37. The first-order valence-electron chi connectivity index (χ1n) is 7.12. The van der Waals surface area contributed by atoms with E-state index < -0.39 is 0 Å². The van der Waals surface area contributed by atoms with Crippen molar-refractivity contribution in [3.63, 3.8) is 0 Å². The molecular weight excluding hydrogens is 252 g/mol. The molecule has 1 N–H and O–H groups in total. The second-order valence-corrected chi connectivity index (χ2v) is 5.20. The maximum atomic E-state index is 9.18. The molecule has 4 nitrogen and oxygen atoms in total. The van der Waals surface area contributed by atoms with Gasteiger partial charge < -0.3 is 14.8 Å². The van der Waals surface area contributed by atoms with Gasteiger partial charge in [0.15, 0.2) is 11.5 Å². The molecule has 1 aromatic rings. The molecule has 2 unspecified atom stereocenters. The van der Waals surface area contributed by atoms with Crippen molar-refractivity contribution in [1.82, 2.24) is 5.32 Å². The average Bonchev–Trinajstić information content (AvgIpc) is 2.52. The largest absolute Gasteiger partial charge is 0.493 e. The molecule has 2 rings (SSSR count). The van der Waals surface area contributed by atoms with E-state index in [1.54, 1.807) is 14.2 Å². The molecule has 0 bridgehead atoms. The molecule has 1 aliphatic carbocycles. The number of rotatable bonds is 5. The van der Waals surface area contributed by atoms with Gasteiger partial charge in [0.25, 0.3) is 0 Å². The Morgan fingerprint density at radius 1 is 1.20 bits per heavy atom. The minimum absolute atomic E-state index is 0.142. The van der Waals surface area contributed by atoms with Crippen LogP contribution < -0.4 is 14.8 Å². The van der Waals surface area contributed by atoms with Crippen LogP contribution in [0.15, 0.2) is 18.2 Å². The van der Waals surface area contributed by atoms with Gasteiger partial charge in [0.1, 0.15) is 0 Å². The SMILES string of the molecule is COc1ccc(CNC2CCCCC2C#N)cc1OC. The minimum atomic E-state index is 0.142. The van der Waals surface area contributed by atoms with Crippen molar-refractivity contribution in [2.75, 3.05) is 14.2 Å². The Balaban J connectivity index is 1.98. The van der Waals surface area contributed by atoms with Crippen LogP contribution in [0, 0.1) is 17.2 Å². The summed E-state index contributed by atoms with van der Waals surface area (Å²) in [6, 6.07) is 8.65. The first kappa shape index (κ1) is 14.7. The van der Waals surface area contributed by atoms with Crippen LogP contribution in [0.1, 0.15) is 31.2 Å². The third-order valence-electron chi connectivity index (χ3n) is 3.95. The fraction of sp³-hybridized carbons (Fsp3) is 0.562. The first-order valence-corrected chi connectivity index (χ1v) is 7.12. The molecule has 0 amide bonds. The van der Waals surface area contributed by atoms with Crippen molar-refractivity contribution in [2.45, 2.75) is 38.3 Å². The first-order chi connectivity index (χ1) is 9.78. The number of nitriles is 1. The van der Waals surface area contributed by atoms with Gasteiger partial charge in [-0.3, -0.25) is 0 Å². The maximum Gasteiger partial charge on any atom is 0.161 e. The Morgan fingerprint density at radius 2 is 1.95 bits per heavy atom. The lowest BCUT2D eigenvalue weighted by Gasteiger charge is -2.27. The molecular formula is C16H22N2O2. The highest BCUT2D eigenvalue weighted by Gasteiger charge is 2.24. The molecule has 1 fully saturated rings. The molecule has 0 aliphatic heterocycles. The summed E-state index contributed by atoms with van der Waals surface area (Å²) in [5.41, 5.74) is 1.14. The fourth-order valence-electron chi connectivity index (χ4n) is 2.77. The predicted molar refractivity (Wildman–Crippen MR) is 77.7 cm³/mol. The topological polar surface area (TPSA) is 54.3 Å². The van der Waals surface area contributed by atoms with Gasteiger partial charge in [0.05, 0.1) is 26.2 Å². The summed E-state index contributed by atoms with van der Waals surface area (Å²) in [6.45, 7) is 0.753. The van der Waals surface area contributed by atoms with E-state index in [0.29, 0.717) is 6.04 Å². The quantitative estimate of drug-likeness (QED) is 0.897. The van der Waals surface area contributed by atoms with Crippen molar-refractivity contribution in [3.05, 3.63) is 23.8 Å². The lowest BCUT2D eigenvalue weighted by molar-refractivity contribution is 0.311. The molecule has 1 saturated carbocycles. The predicted octanol–water partition coefficient (Wildman–Crippen LogP) is 2.88. The van der Waals surface area contributed by atoms with Crippen LogP contribution in [0.5, 0.6) is 11.5 Å². The van der Waals surface area contributed by atoms with Crippen LogP contribution >= 0.6 is 0 Å². The molecule has 2 atom stereocenters. The molecule has 0 spiro atoms. The van der Waals surface area contributed by atoms with Crippen LogP contribution in [0.25, 0.3) is 0 Å². The average molecular weight is 274 g/mol. The van der Waals surface area contributed by atoms with Gasteiger partial charge in [-0.25, -0.2) is 0 Å². The second-order valence-electron chi connectivity index (χ2n) is 5.20. The third kappa shape index (κ3) is 3.43. The van der Waals surface area contributed by atoms with Gasteiger partial charge in [-0.1, -0.05) is 18.9 Å². The van der Waals surface area contributed by atoms with Crippen LogP contribution in [-0.4, -0.2) is 20.3 Å². The molecule has 1 aromatic carbocycles. The Morgan fingerprint density at radius 3 is 2.65 bits per heavy atom. The van der Waals surface area contributed by atoms with E-state index in [2.05, 4.69) is 11.4 Å². The van der Waals surface area contributed by atoms with E-state index in [0.717, 1.165) is 36.4 Å². The minimum Gasteiger partial charge on any atom is -0.493 e. The molecule has 1 aliphatic rings.